The van der Waals surface area contributed by atoms with Crippen LogP contribution in [0.3, 0.4) is 0 Å². The molecule has 5 rings (SSSR count). The smallest absolute Gasteiger partial charge is 0.307 e. The average Bonchev–Trinajstić information content (AvgIpc) is 3.14. The summed E-state index contributed by atoms with van der Waals surface area (Å²) in [5, 5.41) is 12.9. The van der Waals surface area contributed by atoms with Crippen LogP contribution in [0.4, 0.5) is 5.00 Å². The van der Waals surface area contributed by atoms with Gasteiger partial charge in [0, 0.05) is 4.88 Å². The van der Waals surface area contributed by atoms with Gasteiger partial charge in [-0.1, -0.05) is 12.2 Å². The van der Waals surface area contributed by atoms with Crippen molar-refractivity contribution in [1.82, 2.24) is 0 Å². The topological polar surface area (TPSA) is 109 Å². The number of carbonyl (C=O) groups is 3. The number of aryl methyl sites for hydroxylation is 1. The lowest BCUT2D eigenvalue weighted by Gasteiger charge is -2.41. The van der Waals surface area contributed by atoms with Crippen LogP contribution in [0.15, 0.2) is 12.2 Å². The summed E-state index contributed by atoms with van der Waals surface area (Å²) in [6, 6.07) is 0. The molecule has 0 spiro atoms. The van der Waals surface area contributed by atoms with Gasteiger partial charge in [0.1, 0.15) is 5.00 Å². The van der Waals surface area contributed by atoms with E-state index in [4.69, 9.17) is 5.73 Å². The molecule has 0 aromatic carbocycles. The standard InChI is InChI=1S/C18H20N2O4S/c19-15(21)14-10-2-1-3-11(10)25-17(14)20-16(22)12-8-4-6-9(7-5-8)13(12)18(23)24/h4,6,8-9,12-13H,1-3,5,7H2,(H2,19,21)(H,20,22)(H,23,24)/t8-,9-,12-,13-/m0/s1. The van der Waals surface area contributed by atoms with Gasteiger partial charge in [-0.15, -0.1) is 11.3 Å². The Bertz CT molecular complexity index is 797. The van der Waals surface area contributed by atoms with Gasteiger partial charge in [-0.3, -0.25) is 14.4 Å². The molecule has 1 aromatic heterocycles. The van der Waals surface area contributed by atoms with Crippen LogP contribution in [0, 0.1) is 23.7 Å². The number of carbonyl (C=O) groups excluding carboxylic acids is 2. The van der Waals surface area contributed by atoms with Gasteiger partial charge in [-0.25, -0.2) is 0 Å². The SMILES string of the molecule is NC(=O)c1c(NC(=O)[C@@H]2[C@@H](C(=O)O)[C@H]3C=C[C@H]2CC3)sc2c1CCC2. The monoisotopic (exact) mass is 360 g/mol. The first-order valence-electron chi connectivity index (χ1n) is 8.63. The molecule has 0 radical (unpaired) electrons. The van der Waals surface area contributed by atoms with Crippen LogP contribution in [-0.4, -0.2) is 22.9 Å². The van der Waals surface area contributed by atoms with Crippen molar-refractivity contribution in [2.24, 2.45) is 29.4 Å². The normalized spacial score (nSPS) is 29.4. The highest BCUT2D eigenvalue weighted by Crippen LogP contribution is 2.46. The Balaban J connectivity index is 1.63. The first-order valence-corrected chi connectivity index (χ1v) is 9.45. The molecule has 0 saturated heterocycles. The first-order chi connectivity index (χ1) is 12.0. The second kappa shape index (κ2) is 5.98. The second-order valence-electron chi connectivity index (χ2n) is 7.09. The molecule has 2 amide bonds. The van der Waals surface area contributed by atoms with Crippen LogP contribution in [0.2, 0.25) is 0 Å². The highest BCUT2D eigenvalue weighted by molar-refractivity contribution is 7.17. The number of primary amides is 1. The van der Waals surface area contributed by atoms with E-state index in [0.717, 1.165) is 42.5 Å². The van der Waals surface area contributed by atoms with Gasteiger partial charge in [0.15, 0.2) is 0 Å². The van der Waals surface area contributed by atoms with Gasteiger partial charge in [-0.2, -0.15) is 0 Å². The van der Waals surface area contributed by atoms with Crippen LogP contribution in [0.5, 0.6) is 0 Å². The van der Waals surface area contributed by atoms with Gasteiger partial charge in [0.25, 0.3) is 5.91 Å². The Kier molecular flexibility index (Phi) is 3.91. The molecule has 4 atom stereocenters. The molecule has 6 nitrogen and oxygen atoms in total. The number of amides is 2. The molecule has 4 N–H and O–H groups in total. The average molecular weight is 360 g/mol. The Morgan fingerprint density at radius 1 is 1.12 bits per heavy atom. The number of hydrogen-bond acceptors (Lipinski definition) is 4. The molecule has 1 fully saturated rings. The van der Waals surface area contributed by atoms with Crippen molar-refractivity contribution in [1.29, 1.82) is 0 Å². The molecule has 4 aliphatic carbocycles. The number of carboxylic acid groups (broad SMARTS) is 1. The molecule has 25 heavy (non-hydrogen) atoms. The number of rotatable bonds is 4. The van der Waals surface area contributed by atoms with E-state index in [1.807, 2.05) is 12.2 Å². The first kappa shape index (κ1) is 16.3. The third-order valence-electron chi connectivity index (χ3n) is 5.74. The largest absolute Gasteiger partial charge is 0.481 e. The molecule has 0 unspecified atom stereocenters. The van der Waals surface area contributed by atoms with E-state index in [9.17, 15) is 19.5 Å². The predicted molar refractivity (Wildman–Crippen MR) is 93.5 cm³/mol. The number of carboxylic acids is 1. The number of aliphatic carboxylic acids is 1. The van der Waals surface area contributed by atoms with Crippen LogP contribution in [0.25, 0.3) is 0 Å². The summed E-state index contributed by atoms with van der Waals surface area (Å²) in [5.41, 5.74) is 6.90. The third kappa shape index (κ3) is 2.57. The molecule has 7 heteroatoms. The second-order valence-corrected chi connectivity index (χ2v) is 8.20. The Labute approximate surface area is 149 Å². The van der Waals surface area contributed by atoms with E-state index in [1.165, 1.54) is 11.3 Å². The maximum atomic E-state index is 12.9. The molecule has 1 aromatic rings. The number of nitrogens with one attached hydrogen (secondary N) is 1. The molecule has 1 saturated carbocycles. The lowest BCUT2D eigenvalue weighted by Crippen LogP contribution is -2.47. The quantitative estimate of drug-likeness (QED) is 0.715. The van der Waals surface area contributed by atoms with E-state index in [0.29, 0.717) is 10.6 Å². The van der Waals surface area contributed by atoms with Crippen molar-refractivity contribution in [2.75, 3.05) is 5.32 Å². The van der Waals surface area contributed by atoms with Crippen molar-refractivity contribution in [3.8, 4) is 0 Å². The van der Waals surface area contributed by atoms with E-state index in [2.05, 4.69) is 5.32 Å². The summed E-state index contributed by atoms with van der Waals surface area (Å²) < 4.78 is 0. The molecule has 4 aliphatic rings. The zero-order valence-corrected chi connectivity index (χ0v) is 14.5. The van der Waals surface area contributed by atoms with Crippen LogP contribution < -0.4 is 11.1 Å². The number of thiophene rings is 1. The maximum absolute atomic E-state index is 12.9. The summed E-state index contributed by atoms with van der Waals surface area (Å²) in [7, 11) is 0. The van der Waals surface area contributed by atoms with E-state index < -0.39 is 23.7 Å². The van der Waals surface area contributed by atoms with E-state index >= 15 is 0 Å². The van der Waals surface area contributed by atoms with Crippen molar-refractivity contribution >= 4 is 34.1 Å². The Hall–Kier alpha value is -2.15. The Morgan fingerprint density at radius 3 is 2.40 bits per heavy atom. The Morgan fingerprint density at radius 2 is 1.80 bits per heavy atom. The summed E-state index contributed by atoms with van der Waals surface area (Å²) in [5.74, 6) is -3.23. The maximum Gasteiger partial charge on any atom is 0.307 e. The lowest BCUT2D eigenvalue weighted by molar-refractivity contribution is -0.151. The minimum atomic E-state index is -0.928. The number of nitrogens with two attached hydrogens (primary N) is 1. The molecular formula is C18H20N2O4S. The van der Waals surface area contributed by atoms with Gasteiger partial charge in [-0.05, 0) is 49.5 Å². The zero-order valence-electron chi connectivity index (χ0n) is 13.7. The highest BCUT2D eigenvalue weighted by Gasteiger charge is 2.48. The highest BCUT2D eigenvalue weighted by atomic mass is 32.1. The fourth-order valence-electron chi connectivity index (χ4n) is 4.64. The van der Waals surface area contributed by atoms with Crippen molar-refractivity contribution in [3.05, 3.63) is 28.2 Å². The van der Waals surface area contributed by atoms with Crippen molar-refractivity contribution in [3.63, 3.8) is 0 Å². The van der Waals surface area contributed by atoms with Crippen molar-refractivity contribution in [2.45, 2.75) is 32.1 Å². The minimum Gasteiger partial charge on any atom is -0.481 e. The van der Waals surface area contributed by atoms with Crippen LogP contribution in [-0.2, 0) is 22.4 Å². The number of allylic oxidation sites excluding steroid dienone is 2. The predicted octanol–water partition coefficient (Wildman–Crippen LogP) is 2.19. The van der Waals surface area contributed by atoms with Crippen molar-refractivity contribution < 1.29 is 19.5 Å². The molecule has 1 heterocycles. The van der Waals surface area contributed by atoms with Gasteiger partial charge in [0.05, 0.1) is 17.4 Å². The number of hydrogen-bond donors (Lipinski definition) is 3. The zero-order chi connectivity index (χ0) is 17.7. The van der Waals surface area contributed by atoms with Gasteiger partial charge >= 0.3 is 5.97 Å². The van der Waals surface area contributed by atoms with E-state index in [-0.39, 0.29) is 17.7 Å². The van der Waals surface area contributed by atoms with E-state index in [1.54, 1.807) is 0 Å². The minimum absolute atomic E-state index is 0.0602. The summed E-state index contributed by atoms with van der Waals surface area (Å²) in [6.45, 7) is 0. The summed E-state index contributed by atoms with van der Waals surface area (Å²) in [6.07, 6.45) is 8.23. The van der Waals surface area contributed by atoms with Gasteiger partial charge < -0.3 is 16.2 Å². The number of fused-ring (bicyclic) bond motifs is 3. The lowest BCUT2D eigenvalue weighted by atomic mass is 9.62. The molecule has 2 bridgehead atoms. The molecule has 0 aliphatic heterocycles. The van der Waals surface area contributed by atoms with Gasteiger partial charge in [0.2, 0.25) is 5.91 Å². The molecular weight excluding hydrogens is 340 g/mol. The summed E-state index contributed by atoms with van der Waals surface area (Å²) >= 11 is 1.40. The molecule has 132 valence electrons. The third-order valence-corrected chi connectivity index (χ3v) is 6.95. The number of anilines is 1. The fraction of sp³-hybridized carbons (Fsp3) is 0.500. The summed E-state index contributed by atoms with van der Waals surface area (Å²) in [4.78, 5) is 37.6. The van der Waals surface area contributed by atoms with Crippen LogP contribution in [0.1, 0.15) is 40.1 Å². The fourth-order valence-corrected chi connectivity index (χ4v) is 5.93. The van der Waals surface area contributed by atoms with Crippen LogP contribution >= 0.6 is 11.3 Å².